The van der Waals surface area contributed by atoms with Crippen LogP contribution in [0.25, 0.3) is 0 Å². The van der Waals surface area contributed by atoms with Crippen LogP contribution in [0.15, 0.2) is 30.3 Å². The standard InChI is InChI=1S/C18H32O2Si2/c1-17(19-21(2,3)4)14-11-15-18(17,20-22(5,6)7)16-12-9-8-10-13-16/h8-10,12-13H,11,14-15H2,1-7H3. The van der Waals surface area contributed by atoms with Crippen molar-refractivity contribution in [2.45, 2.75) is 76.7 Å². The van der Waals surface area contributed by atoms with Gasteiger partial charge in [-0.3, -0.25) is 0 Å². The molecule has 22 heavy (non-hydrogen) atoms. The lowest BCUT2D eigenvalue weighted by molar-refractivity contribution is -0.101. The van der Waals surface area contributed by atoms with Crippen LogP contribution < -0.4 is 0 Å². The largest absolute Gasteiger partial charge is 0.409 e. The molecule has 1 fully saturated rings. The van der Waals surface area contributed by atoms with Crippen molar-refractivity contribution in [2.75, 3.05) is 0 Å². The van der Waals surface area contributed by atoms with Gasteiger partial charge < -0.3 is 8.85 Å². The summed E-state index contributed by atoms with van der Waals surface area (Å²) in [5, 5.41) is 0. The van der Waals surface area contributed by atoms with Gasteiger partial charge in [0.1, 0.15) is 5.60 Å². The van der Waals surface area contributed by atoms with Crippen LogP contribution in [0.5, 0.6) is 0 Å². The van der Waals surface area contributed by atoms with Crippen molar-refractivity contribution in [1.82, 2.24) is 0 Å². The molecule has 0 spiro atoms. The summed E-state index contributed by atoms with van der Waals surface area (Å²) in [6, 6.07) is 10.8. The van der Waals surface area contributed by atoms with Crippen LogP contribution in [0.2, 0.25) is 39.3 Å². The summed E-state index contributed by atoms with van der Waals surface area (Å²) in [6.45, 7) is 16.0. The summed E-state index contributed by atoms with van der Waals surface area (Å²) in [7, 11) is -3.36. The van der Waals surface area contributed by atoms with Gasteiger partial charge in [0.2, 0.25) is 0 Å². The van der Waals surface area contributed by atoms with Crippen LogP contribution >= 0.6 is 0 Å². The van der Waals surface area contributed by atoms with Gasteiger partial charge in [-0.25, -0.2) is 0 Å². The van der Waals surface area contributed by atoms with Gasteiger partial charge in [0.25, 0.3) is 0 Å². The molecule has 0 aromatic heterocycles. The molecule has 124 valence electrons. The predicted octanol–water partition coefficient (Wildman–Crippen LogP) is 5.53. The van der Waals surface area contributed by atoms with Gasteiger partial charge in [0.05, 0.1) is 5.60 Å². The van der Waals surface area contributed by atoms with E-state index in [4.69, 9.17) is 8.85 Å². The van der Waals surface area contributed by atoms with Crippen molar-refractivity contribution in [1.29, 1.82) is 0 Å². The molecule has 1 aliphatic rings. The molecular weight excluding hydrogens is 304 g/mol. The Morgan fingerprint density at radius 1 is 0.818 bits per heavy atom. The van der Waals surface area contributed by atoms with Crippen LogP contribution in [0.3, 0.4) is 0 Å². The number of benzene rings is 1. The zero-order valence-electron chi connectivity index (χ0n) is 15.3. The van der Waals surface area contributed by atoms with Crippen molar-refractivity contribution in [2.24, 2.45) is 0 Å². The first-order chi connectivity index (χ1) is 9.98. The highest BCUT2D eigenvalue weighted by atomic mass is 28.4. The normalized spacial score (nSPS) is 29.8. The molecule has 0 amide bonds. The minimum absolute atomic E-state index is 0.223. The maximum absolute atomic E-state index is 6.87. The fraction of sp³-hybridized carbons (Fsp3) is 0.667. The Kier molecular flexibility index (Phi) is 4.80. The predicted molar refractivity (Wildman–Crippen MR) is 99.2 cm³/mol. The Balaban J connectivity index is 2.52. The number of hydrogen-bond acceptors (Lipinski definition) is 2. The van der Waals surface area contributed by atoms with Crippen LogP contribution in [0, 0.1) is 0 Å². The summed E-state index contributed by atoms with van der Waals surface area (Å²) in [5.74, 6) is 0. The third-order valence-corrected chi connectivity index (χ3v) is 6.31. The van der Waals surface area contributed by atoms with E-state index in [1.165, 1.54) is 12.0 Å². The number of hydrogen-bond donors (Lipinski definition) is 0. The maximum atomic E-state index is 6.87. The van der Waals surface area contributed by atoms with Crippen molar-refractivity contribution in [3.05, 3.63) is 35.9 Å². The molecule has 1 saturated carbocycles. The van der Waals surface area contributed by atoms with Gasteiger partial charge >= 0.3 is 0 Å². The van der Waals surface area contributed by atoms with Crippen molar-refractivity contribution in [3.63, 3.8) is 0 Å². The fourth-order valence-corrected chi connectivity index (χ4v) is 6.95. The molecule has 0 bridgehead atoms. The quantitative estimate of drug-likeness (QED) is 0.658. The lowest BCUT2D eigenvalue weighted by atomic mass is 9.81. The van der Waals surface area contributed by atoms with E-state index in [1.807, 2.05) is 0 Å². The van der Waals surface area contributed by atoms with Gasteiger partial charge in [-0.15, -0.1) is 0 Å². The summed E-state index contributed by atoms with van der Waals surface area (Å²) < 4.78 is 13.6. The molecule has 2 unspecified atom stereocenters. The van der Waals surface area contributed by atoms with Crippen LogP contribution in [0.1, 0.15) is 31.7 Å². The highest BCUT2D eigenvalue weighted by Crippen LogP contribution is 2.53. The second-order valence-corrected chi connectivity index (χ2v) is 17.6. The first-order valence-electron chi connectivity index (χ1n) is 8.43. The van der Waals surface area contributed by atoms with E-state index in [1.54, 1.807) is 0 Å². The average Bonchev–Trinajstić information content (AvgIpc) is 2.64. The van der Waals surface area contributed by atoms with Crippen molar-refractivity contribution in [3.8, 4) is 0 Å². The Morgan fingerprint density at radius 2 is 1.36 bits per heavy atom. The zero-order chi connectivity index (χ0) is 16.6. The molecule has 0 radical (unpaired) electrons. The zero-order valence-corrected chi connectivity index (χ0v) is 17.3. The highest BCUT2D eigenvalue weighted by molar-refractivity contribution is 6.70. The van der Waals surface area contributed by atoms with Crippen LogP contribution in [-0.2, 0) is 14.5 Å². The topological polar surface area (TPSA) is 18.5 Å². The monoisotopic (exact) mass is 336 g/mol. The first kappa shape index (κ1) is 17.9. The molecule has 1 aliphatic carbocycles. The Labute approximate surface area is 138 Å². The van der Waals surface area contributed by atoms with Crippen molar-refractivity contribution < 1.29 is 8.85 Å². The van der Waals surface area contributed by atoms with E-state index in [2.05, 4.69) is 76.5 Å². The molecule has 0 N–H and O–H groups in total. The highest BCUT2D eigenvalue weighted by Gasteiger charge is 2.57. The summed E-state index contributed by atoms with van der Waals surface area (Å²) in [6.07, 6.45) is 3.30. The molecular formula is C18H32O2Si2. The van der Waals surface area contributed by atoms with Gasteiger partial charge in [-0.1, -0.05) is 30.3 Å². The lowest BCUT2D eigenvalue weighted by Gasteiger charge is -2.49. The van der Waals surface area contributed by atoms with Crippen LogP contribution in [-0.4, -0.2) is 22.2 Å². The first-order valence-corrected chi connectivity index (χ1v) is 15.3. The molecule has 2 atom stereocenters. The van der Waals surface area contributed by atoms with Crippen molar-refractivity contribution >= 4 is 16.6 Å². The fourth-order valence-electron chi connectivity index (χ4n) is 3.85. The van der Waals surface area contributed by atoms with E-state index < -0.39 is 16.6 Å². The van der Waals surface area contributed by atoms with E-state index in [0.29, 0.717) is 0 Å². The molecule has 4 heteroatoms. The van der Waals surface area contributed by atoms with Gasteiger partial charge in [0.15, 0.2) is 16.6 Å². The molecule has 2 nitrogen and oxygen atoms in total. The van der Waals surface area contributed by atoms with E-state index in [-0.39, 0.29) is 11.2 Å². The Bertz CT molecular complexity index is 504. The van der Waals surface area contributed by atoms with Gasteiger partial charge in [0, 0.05) is 0 Å². The summed E-state index contributed by atoms with van der Waals surface area (Å²) in [4.78, 5) is 0. The Hall–Kier alpha value is -0.426. The minimum atomic E-state index is -1.71. The smallest absolute Gasteiger partial charge is 0.185 e. The second kappa shape index (κ2) is 5.89. The summed E-state index contributed by atoms with van der Waals surface area (Å²) >= 11 is 0. The van der Waals surface area contributed by atoms with E-state index in [0.717, 1.165) is 12.8 Å². The molecule has 0 heterocycles. The molecule has 1 aromatic carbocycles. The average molecular weight is 337 g/mol. The Morgan fingerprint density at radius 3 is 1.86 bits per heavy atom. The van der Waals surface area contributed by atoms with Gasteiger partial charge in [-0.05, 0) is 71.0 Å². The lowest BCUT2D eigenvalue weighted by Crippen LogP contribution is -2.56. The number of rotatable bonds is 5. The second-order valence-electron chi connectivity index (χ2n) is 8.71. The molecule has 1 aromatic rings. The molecule has 0 saturated heterocycles. The third-order valence-electron chi connectivity index (χ3n) is 4.29. The summed E-state index contributed by atoms with van der Waals surface area (Å²) in [5.41, 5.74) is 0.772. The van der Waals surface area contributed by atoms with Crippen LogP contribution in [0.4, 0.5) is 0 Å². The minimum Gasteiger partial charge on any atom is -0.409 e. The molecule has 2 rings (SSSR count). The third kappa shape index (κ3) is 3.73. The SMILES string of the molecule is CC1(O[Si](C)(C)C)CCCC1(O[Si](C)(C)C)c1ccccc1. The molecule has 0 aliphatic heterocycles. The van der Waals surface area contributed by atoms with E-state index in [9.17, 15) is 0 Å². The maximum Gasteiger partial charge on any atom is 0.185 e. The van der Waals surface area contributed by atoms with Gasteiger partial charge in [-0.2, -0.15) is 0 Å². The van der Waals surface area contributed by atoms with E-state index >= 15 is 0 Å².